The van der Waals surface area contributed by atoms with Crippen LogP contribution in [0.2, 0.25) is 10.0 Å². The summed E-state index contributed by atoms with van der Waals surface area (Å²) in [5.74, 6) is -1.99. The molecular weight excluding hydrogens is 327 g/mol. The molecule has 22 heavy (non-hydrogen) atoms. The number of aromatic carboxylic acids is 1. The monoisotopic (exact) mass is 336 g/mol. The lowest BCUT2D eigenvalue weighted by Gasteiger charge is -2.05. The maximum Gasteiger partial charge on any atom is 0.339 e. The van der Waals surface area contributed by atoms with E-state index in [1.54, 1.807) is 24.3 Å². The molecule has 6 heteroatoms. The van der Waals surface area contributed by atoms with Gasteiger partial charge in [0.1, 0.15) is 11.3 Å². The Hall–Kier alpha value is -2.30. The Labute approximate surface area is 136 Å². The summed E-state index contributed by atoms with van der Waals surface area (Å²) < 4.78 is 5.02. The average molecular weight is 337 g/mol. The van der Waals surface area contributed by atoms with Gasteiger partial charge < -0.3 is 9.84 Å². The number of hydrogen-bond donors (Lipinski definition) is 1. The molecule has 0 bridgehead atoms. The summed E-state index contributed by atoms with van der Waals surface area (Å²) in [5.41, 5.74) is 0.580. The van der Waals surface area contributed by atoms with Crippen molar-refractivity contribution in [1.29, 1.82) is 0 Å². The van der Waals surface area contributed by atoms with Crippen LogP contribution in [0.1, 0.15) is 15.9 Å². The minimum Gasteiger partial charge on any atom is -0.478 e. The van der Waals surface area contributed by atoms with Crippen molar-refractivity contribution in [3.63, 3.8) is 0 Å². The van der Waals surface area contributed by atoms with Gasteiger partial charge in [0.25, 0.3) is 0 Å². The lowest BCUT2D eigenvalue weighted by Crippen LogP contribution is -2.08. The Balaban J connectivity index is 2.12. The van der Waals surface area contributed by atoms with Crippen molar-refractivity contribution in [2.24, 2.45) is 0 Å². The topological polar surface area (TPSA) is 63.6 Å². The van der Waals surface area contributed by atoms with Crippen molar-refractivity contribution in [3.05, 3.63) is 69.7 Å². The molecule has 0 fully saturated rings. The van der Waals surface area contributed by atoms with E-state index >= 15 is 0 Å². The minimum absolute atomic E-state index is 0.0670. The standard InChI is InChI=1S/C16H10Cl2O4/c17-11-4-1-10(2-5-11)3-8-15(19)22-14-7-6-12(18)9-13(14)16(20)21/h1-9H,(H,20,21)/b8-3+. The molecule has 2 aromatic carbocycles. The van der Waals surface area contributed by atoms with Crippen molar-refractivity contribution < 1.29 is 19.4 Å². The molecule has 0 radical (unpaired) electrons. The number of rotatable bonds is 4. The summed E-state index contributed by atoms with van der Waals surface area (Å²) in [6.45, 7) is 0. The van der Waals surface area contributed by atoms with E-state index in [1.165, 1.54) is 30.4 Å². The van der Waals surface area contributed by atoms with Crippen LogP contribution in [0.25, 0.3) is 6.08 Å². The molecule has 0 aliphatic heterocycles. The number of carboxylic acid groups (broad SMARTS) is 1. The second-order valence-corrected chi connectivity index (χ2v) is 5.12. The number of carbonyl (C=O) groups excluding carboxylic acids is 1. The predicted molar refractivity (Wildman–Crippen MR) is 84.5 cm³/mol. The third-order valence-corrected chi connectivity index (χ3v) is 3.15. The van der Waals surface area contributed by atoms with Crippen molar-refractivity contribution in [3.8, 4) is 5.75 Å². The first-order valence-corrected chi connectivity index (χ1v) is 6.89. The van der Waals surface area contributed by atoms with Crippen molar-refractivity contribution in [2.75, 3.05) is 0 Å². The molecule has 0 saturated carbocycles. The van der Waals surface area contributed by atoms with Crippen LogP contribution in [0.3, 0.4) is 0 Å². The second kappa shape index (κ2) is 7.11. The second-order valence-electron chi connectivity index (χ2n) is 4.25. The van der Waals surface area contributed by atoms with Gasteiger partial charge in [-0.05, 0) is 42.0 Å². The highest BCUT2D eigenvalue weighted by atomic mass is 35.5. The molecule has 0 amide bonds. The maximum atomic E-state index is 11.8. The highest BCUT2D eigenvalue weighted by Gasteiger charge is 2.14. The van der Waals surface area contributed by atoms with Gasteiger partial charge in [0.05, 0.1) is 0 Å². The summed E-state index contributed by atoms with van der Waals surface area (Å²) in [4.78, 5) is 22.8. The van der Waals surface area contributed by atoms with Crippen molar-refractivity contribution in [2.45, 2.75) is 0 Å². The zero-order valence-corrected chi connectivity index (χ0v) is 12.6. The molecule has 0 atom stereocenters. The van der Waals surface area contributed by atoms with Crippen LogP contribution in [0.5, 0.6) is 5.75 Å². The quantitative estimate of drug-likeness (QED) is 0.513. The minimum atomic E-state index is -1.23. The molecule has 0 unspecified atom stereocenters. The lowest BCUT2D eigenvalue weighted by atomic mass is 10.2. The van der Waals surface area contributed by atoms with E-state index < -0.39 is 11.9 Å². The summed E-state index contributed by atoms with van der Waals surface area (Å²) in [6.07, 6.45) is 2.73. The molecule has 0 aromatic heterocycles. The van der Waals surface area contributed by atoms with Gasteiger partial charge in [-0.1, -0.05) is 35.3 Å². The maximum absolute atomic E-state index is 11.8. The van der Waals surface area contributed by atoms with Crippen LogP contribution in [-0.4, -0.2) is 17.0 Å². The molecule has 0 heterocycles. The van der Waals surface area contributed by atoms with Crippen LogP contribution in [0.4, 0.5) is 0 Å². The van der Waals surface area contributed by atoms with Crippen LogP contribution in [-0.2, 0) is 4.79 Å². The van der Waals surface area contributed by atoms with Crippen molar-refractivity contribution >= 4 is 41.2 Å². The Kier molecular flexibility index (Phi) is 5.20. The first-order chi connectivity index (χ1) is 10.5. The van der Waals surface area contributed by atoms with Crippen LogP contribution in [0, 0.1) is 0 Å². The number of esters is 1. The van der Waals surface area contributed by atoms with Gasteiger partial charge in [-0.15, -0.1) is 0 Å². The number of hydrogen-bond acceptors (Lipinski definition) is 3. The Bertz CT molecular complexity index is 736. The molecule has 4 nitrogen and oxygen atoms in total. The normalized spacial score (nSPS) is 10.6. The van der Waals surface area contributed by atoms with Gasteiger partial charge in [-0.3, -0.25) is 0 Å². The van der Waals surface area contributed by atoms with Gasteiger partial charge >= 0.3 is 11.9 Å². The number of carbonyl (C=O) groups is 2. The van der Waals surface area contributed by atoms with E-state index in [0.29, 0.717) is 5.02 Å². The third-order valence-electron chi connectivity index (χ3n) is 2.66. The van der Waals surface area contributed by atoms with Crippen LogP contribution >= 0.6 is 23.2 Å². The van der Waals surface area contributed by atoms with E-state index in [2.05, 4.69) is 0 Å². The van der Waals surface area contributed by atoms with Gasteiger partial charge in [0.15, 0.2) is 0 Å². The first kappa shape index (κ1) is 16.1. The fourth-order valence-electron chi connectivity index (χ4n) is 1.64. The highest BCUT2D eigenvalue weighted by Crippen LogP contribution is 2.23. The molecule has 0 saturated heterocycles. The van der Waals surface area contributed by atoms with E-state index in [9.17, 15) is 9.59 Å². The fourth-order valence-corrected chi connectivity index (χ4v) is 1.94. The largest absolute Gasteiger partial charge is 0.478 e. The Morgan fingerprint density at radius 2 is 1.64 bits per heavy atom. The van der Waals surface area contributed by atoms with E-state index in [1.807, 2.05) is 0 Å². The summed E-state index contributed by atoms with van der Waals surface area (Å²) in [7, 11) is 0. The SMILES string of the molecule is O=C(/C=C/c1ccc(Cl)cc1)Oc1ccc(Cl)cc1C(=O)O. The third kappa shape index (κ3) is 4.35. The van der Waals surface area contributed by atoms with E-state index in [0.717, 1.165) is 5.56 Å². The molecule has 0 aliphatic carbocycles. The molecule has 112 valence electrons. The zero-order chi connectivity index (χ0) is 16.1. The van der Waals surface area contributed by atoms with Gasteiger partial charge in [-0.25, -0.2) is 9.59 Å². The van der Waals surface area contributed by atoms with E-state index in [-0.39, 0.29) is 16.3 Å². The lowest BCUT2D eigenvalue weighted by molar-refractivity contribution is -0.128. The number of ether oxygens (including phenoxy) is 1. The first-order valence-electron chi connectivity index (χ1n) is 6.14. The predicted octanol–water partition coefficient (Wildman–Crippen LogP) is 4.31. The molecule has 2 aromatic rings. The summed E-state index contributed by atoms with van der Waals surface area (Å²) in [6, 6.07) is 10.8. The van der Waals surface area contributed by atoms with Gasteiger partial charge in [0, 0.05) is 16.1 Å². The number of halogens is 2. The summed E-state index contributed by atoms with van der Waals surface area (Å²) >= 11 is 11.5. The molecule has 2 rings (SSSR count). The van der Waals surface area contributed by atoms with Crippen LogP contribution in [0.15, 0.2) is 48.5 Å². The zero-order valence-electron chi connectivity index (χ0n) is 11.1. The number of benzene rings is 2. The highest BCUT2D eigenvalue weighted by molar-refractivity contribution is 6.31. The average Bonchev–Trinajstić information content (AvgIpc) is 2.48. The summed E-state index contributed by atoms with van der Waals surface area (Å²) in [5, 5.41) is 9.89. The van der Waals surface area contributed by atoms with Crippen LogP contribution < -0.4 is 4.74 Å². The van der Waals surface area contributed by atoms with Gasteiger partial charge in [0.2, 0.25) is 0 Å². The Morgan fingerprint density at radius 1 is 1.00 bits per heavy atom. The van der Waals surface area contributed by atoms with Gasteiger partial charge in [-0.2, -0.15) is 0 Å². The van der Waals surface area contributed by atoms with E-state index in [4.69, 9.17) is 33.0 Å². The molecule has 0 spiro atoms. The molecular formula is C16H10Cl2O4. The smallest absolute Gasteiger partial charge is 0.339 e. The number of carboxylic acids is 1. The van der Waals surface area contributed by atoms with Crippen molar-refractivity contribution in [1.82, 2.24) is 0 Å². The molecule has 1 N–H and O–H groups in total. The molecule has 0 aliphatic rings. The Morgan fingerprint density at radius 3 is 2.27 bits per heavy atom. The fraction of sp³-hybridized carbons (Fsp3) is 0.